The summed E-state index contributed by atoms with van der Waals surface area (Å²) in [7, 11) is 0. The second kappa shape index (κ2) is 5.08. The maximum atomic E-state index is 12.9. The summed E-state index contributed by atoms with van der Waals surface area (Å²) in [6, 6.07) is 1.82. The van der Waals surface area contributed by atoms with E-state index in [1.54, 1.807) is 0 Å². The lowest BCUT2D eigenvalue weighted by atomic mass is 10.0. The van der Waals surface area contributed by atoms with Crippen molar-refractivity contribution in [1.29, 1.82) is 5.26 Å². The van der Waals surface area contributed by atoms with Gasteiger partial charge in [0.1, 0.15) is 0 Å². The van der Waals surface area contributed by atoms with E-state index in [-0.39, 0.29) is 12.8 Å². The van der Waals surface area contributed by atoms with Crippen LogP contribution in [0, 0.1) is 17.2 Å². The Kier molecular flexibility index (Phi) is 4.80. The normalized spacial score (nSPS) is 13.9. The first-order chi connectivity index (χ1) is 5.52. The van der Waals surface area contributed by atoms with Gasteiger partial charge in [-0.05, 0) is 13.3 Å². The van der Waals surface area contributed by atoms with Gasteiger partial charge >= 0.3 is 0 Å². The van der Waals surface area contributed by atoms with Crippen LogP contribution in [0.4, 0.5) is 8.78 Å². The standard InChI is InChI=1S/C9H15F2N/c1-3-4-5-9(10,11)6-8(2)7-12/h8H,3-6H2,1-2H3. The van der Waals surface area contributed by atoms with E-state index in [9.17, 15) is 8.78 Å². The maximum absolute atomic E-state index is 12.9. The van der Waals surface area contributed by atoms with Crippen LogP contribution in [0.2, 0.25) is 0 Å². The van der Waals surface area contributed by atoms with Gasteiger partial charge < -0.3 is 0 Å². The topological polar surface area (TPSA) is 23.8 Å². The number of rotatable bonds is 5. The summed E-state index contributed by atoms with van der Waals surface area (Å²) in [5, 5.41) is 8.34. The van der Waals surface area contributed by atoms with Crippen molar-refractivity contribution in [2.75, 3.05) is 0 Å². The van der Waals surface area contributed by atoms with Gasteiger partial charge in [-0.15, -0.1) is 0 Å². The molecule has 3 heteroatoms. The highest BCUT2D eigenvalue weighted by molar-refractivity contribution is 4.83. The SMILES string of the molecule is CCCCC(F)(F)CC(C)C#N. The highest BCUT2D eigenvalue weighted by Gasteiger charge is 2.29. The molecule has 0 fully saturated rings. The third-order valence-corrected chi connectivity index (χ3v) is 1.72. The van der Waals surface area contributed by atoms with E-state index < -0.39 is 11.8 Å². The Morgan fingerprint density at radius 3 is 2.50 bits per heavy atom. The van der Waals surface area contributed by atoms with E-state index in [1.165, 1.54) is 6.92 Å². The first kappa shape index (κ1) is 11.4. The molecule has 0 bridgehead atoms. The van der Waals surface area contributed by atoms with Crippen molar-refractivity contribution < 1.29 is 8.78 Å². The molecule has 0 aromatic rings. The van der Waals surface area contributed by atoms with Crippen molar-refractivity contribution in [1.82, 2.24) is 0 Å². The summed E-state index contributed by atoms with van der Waals surface area (Å²) in [4.78, 5) is 0. The van der Waals surface area contributed by atoms with E-state index >= 15 is 0 Å². The lowest BCUT2D eigenvalue weighted by Gasteiger charge is -2.16. The molecule has 0 aliphatic heterocycles. The van der Waals surface area contributed by atoms with Crippen molar-refractivity contribution in [3.8, 4) is 6.07 Å². The fraction of sp³-hybridized carbons (Fsp3) is 0.889. The maximum Gasteiger partial charge on any atom is 0.249 e. The van der Waals surface area contributed by atoms with Crippen LogP contribution >= 0.6 is 0 Å². The molecule has 0 saturated heterocycles. The van der Waals surface area contributed by atoms with Crippen LogP contribution in [0.25, 0.3) is 0 Å². The molecule has 12 heavy (non-hydrogen) atoms. The van der Waals surface area contributed by atoms with Crippen LogP contribution in [-0.4, -0.2) is 5.92 Å². The summed E-state index contributed by atoms with van der Waals surface area (Å²) in [5.74, 6) is -3.19. The average Bonchev–Trinajstić information content (AvgIpc) is 2.00. The van der Waals surface area contributed by atoms with E-state index in [0.717, 1.165) is 6.42 Å². The first-order valence-electron chi connectivity index (χ1n) is 4.29. The van der Waals surface area contributed by atoms with Crippen LogP contribution in [0.5, 0.6) is 0 Å². The molecule has 0 amide bonds. The summed E-state index contributed by atoms with van der Waals surface area (Å²) in [5.41, 5.74) is 0. The Labute approximate surface area is 72.4 Å². The minimum atomic E-state index is -2.65. The second-order valence-corrected chi connectivity index (χ2v) is 3.19. The number of hydrogen-bond donors (Lipinski definition) is 0. The minimum Gasteiger partial charge on any atom is -0.207 e. The molecule has 0 radical (unpaired) electrons. The molecule has 0 spiro atoms. The van der Waals surface area contributed by atoms with Gasteiger partial charge in [-0.3, -0.25) is 0 Å². The molecular weight excluding hydrogens is 160 g/mol. The van der Waals surface area contributed by atoms with Crippen molar-refractivity contribution in [2.45, 2.75) is 45.5 Å². The molecule has 0 aliphatic carbocycles. The molecule has 0 N–H and O–H groups in total. The predicted octanol–water partition coefficient (Wildman–Crippen LogP) is 3.36. The highest BCUT2D eigenvalue weighted by atomic mass is 19.3. The zero-order valence-electron chi connectivity index (χ0n) is 7.61. The van der Waals surface area contributed by atoms with Gasteiger partial charge in [-0.2, -0.15) is 5.26 Å². The Morgan fingerprint density at radius 2 is 2.08 bits per heavy atom. The molecule has 0 saturated carbocycles. The van der Waals surface area contributed by atoms with Crippen LogP contribution in [0.3, 0.4) is 0 Å². The fourth-order valence-corrected chi connectivity index (χ4v) is 1.03. The largest absolute Gasteiger partial charge is 0.249 e. The van der Waals surface area contributed by atoms with Gasteiger partial charge in [0.05, 0.1) is 6.07 Å². The third-order valence-electron chi connectivity index (χ3n) is 1.72. The fourth-order valence-electron chi connectivity index (χ4n) is 1.03. The second-order valence-electron chi connectivity index (χ2n) is 3.19. The molecule has 1 atom stereocenters. The van der Waals surface area contributed by atoms with E-state index in [0.29, 0.717) is 6.42 Å². The summed E-state index contributed by atoms with van der Waals surface area (Å²) in [6.45, 7) is 3.41. The molecule has 0 rings (SSSR count). The van der Waals surface area contributed by atoms with Gasteiger partial charge in [-0.25, -0.2) is 8.78 Å². The summed E-state index contributed by atoms with van der Waals surface area (Å²) >= 11 is 0. The smallest absolute Gasteiger partial charge is 0.207 e. The van der Waals surface area contributed by atoms with Gasteiger partial charge in [0.25, 0.3) is 0 Å². The Bertz CT molecular complexity index is 160. The summed E-state index contributed by atoms with van der Waals surface area (Å²) in [6.07, 6.45) is 0.917. The van der Waals surface area contributed by atoms with E-state index in [2.05, 4.69) is 0 Å². The Balaban J connectivity index is 3.79. The van der Waals surface area contributed by atoms with Crippen molar-refractivity contribution in [3.05, 3.63) is 0 Å². The molecule has 70 valence electrons. The van der Waals surface area contributed by atoms with Gasteiger partial charge in [0, 0.05) is 18.8 Å². The minimum absolute atomic E-state index is 0.0878. The average molecular weight is 175 g/mol. The van der Waals surface area contributed by atoms with Crippen LogP contribution in [-0.2, 0) is 0 Å². The lowest BCUT2D eigenvalue weighted by Crippen LogP contribution is -2.18. The molecule has 0 heterocycles. The quantitative estimate of drug-likeness (QED) is 0.628. The summed E-state index contributed by atoms with van der Waals surface area (Å²) < 4.78 is 25.8. The molecule has 0 aliphatic rings. The Morgan fingerprint density at radius 1 is 1.50 bits per heavy atom. The molecule has 1 unspecified atom stereocenters. The van der Waals surface area contributed by atoms with Crippen LogP contribution < -0.4 is 0 Å². The van der Waals surface area contributed by atoms with Crippen molar-refractivity contribution in [2.24, 2.45) is 5.92 Å². The number of nitrogens with zero attached hydrogens (tertiary/aromatic N) is 1. The van der Waals surface area contributed by atoms with Gasteiger partial charge in [-0.1, -0.05) is 13.3 Å². The van der Waals surface area contributed by atoms with E-state index in [4.69, 9.17) is 5.26 Å². The number of nitriles is 1. The molecule has 0 aromatic heterocycles. The number of halogens is 2. The van der Waals surface area contributed by atoms with Crippen LogP contribution in [0.1, 0.15) is 39.5 Å². The van der Waals surface area contributed by atoms with Crippen LogP contribution in [0.15, 0.2) is 0 Å². The number of unbranched alkanes of at least 4 members (excludes halogenated alkanes) is 1. The molecular formula is C9H15F2N. The zero-order valence-corrected chi connectivity index (χ0v) is 7.61. The van der Waals surface area contributed by atoms with Crippen molar-refractivity contribution >= 4 is 0 Å². The van der Waals surface area contributed by atoms with Crippen molar-refractivity contribution in [3.63, 3.8) is 0 Å². The Hall–Kier alpha value is -0.650. The molecule has 1 nitrogen and oxygen atoms in total. The monoisotopic (exact) mass is 175 g/mol. The third kappa shape index (κ3) is 5.06. The number of hydrogen-bond acceptors (Lipinski definition) is 1. The van der Waals surface area contributed by atoms with Gasteiger partial charge in [0.15, 0.2) is 0 Å². The van der Waals surface area contributed by atoms with Gasteiger partial charge in [0.2, 0.25) is 5.92 Å². The predicted molar refractivity (Wildman–Crippen MR) is 43.9 cm³/mol. The number of alkyl halides is 2. The molecule has 0 aromatic carbocycles. The lowest BCUT2D eigenvalue weighted by molar-refractivity contribution is -0.0254. The first-order valence-corrected chi connectivity index (χ1v) is 4.29. The zero-order chi connectivity index (χ0) is 9.61. The highest BCUT2D eigenvalue weighted by Crippen LogP contribution is 2.28. The van der Waals surface area contributed by atoms with E-state index in [1.807, 2.05) is 13.0 Å².